The highest BCUT2D eigenvalue weighted by molar-refractivity contribution is 7.80. The lowest BCUT2D eigenvalue weighted by molar-refractivity contribution is 0.204. The fraction of sp³-hybridized carbons (Fsp3) is 0.667. The van der Waals surface area contributed by atoms with Gasteiger partial charge in [-0.3, -0.25) is 0 Å². The number of nitrogens with one attached hydrogen (secondary N) is 2. The smallest absolute Gasteiger partial charge is 0.189 e. The number of anilines is 1. The van der Waals surface area contributed by atoms with E-state index < -0.39 is 0 Å². The summed E-state index contributed by atoms with van der Waals surface area (Å²) >= 11 is 6.93. The Balaban J connectivity index is 1.88. The third kappa shape index (κ3) is 3.63. The van der Waals surface area contributed by atoms with E-state index in [4.69, 9.17) is 17.0 Å². The van der Waals surface area contributed by atoms with Crippen molar-refractivity contribution >= 4 is 33.8 Å². The van der Waals surface area contributed by atoms with Crippen molar-refractivity contribution in [3.8, 4) is 0 Å². The monoisotopic (exact) mass is 285 g/mol. The maximum absolute atomic E-state index is 5.20. The molecule has 0 saturated heterocycles. The number of aromatic nitrogens is 1. The normalized spacial score (nSPS) is 18.2. The van der Waals surface area contributed by atoms with Gasteiger partial charge in [-0.25, -0.2) is 4.98 Å². The fourth-order valence-electron chi connectivity index (χ4n) is 2.00. The van der Waals surface area contributed by atoms with Crippen LogP contribution in [0, 0.1) is 5.92 Å². The summed E-state index contributed by atoms with van der Waals surface area (Å²) in [5, 5.41) is 7.75. The highest BCUT2D eigenvalue weighted by atomic mass is 32.1. The molecule has 4 nitrogen and oxygen atoms in total. The Morgan fingerprint density at radius 2 is 2.44 bits per heavy atom. The van der Waals surface area contributed by atoms with Gasteiger partial charge < -0.3 is 15.4 Å². The molecule has 0 spiro atoms. The molecule has 0 bridgehead atoms. The molecule has 0 amide bonds. The van der Waals surface area contributed by atoms with E-state index in [0.29, 0.717) is 18.3 Å². The van der Waals surface area contributed by atoms with E-state index in [1.807, 2.05) is 0 Å². The van der Waals surface area contributed by atoms with Gasteiger partial charge in [-0.1, -0.05) is 6.92 Å². The van der Waals surface area contributed by atoms with Gasteiger partial charge in [0.2, 0.25) is 0 Å². The first-order valence-corrected chi connectivity index (χ1v) is 7.44. The van der Waals surface area contributed by atoms with E-state index >= 15 is 0 Å². The zero-order valence-corrected chi connectivity index (χ0v) is 12.4. The average Bonchev–Trinajstić information content (AvgIpc) is 2.70. The molecule has 0 aromatic carbocycles. The summed E-state index contributed by atoms with van der Waals surface area (Å²) in [6, 6.07) is 0. The zero-order valence-electron chi connectivity index (χ0n) is 10.8. The summed E-state index contributed by atoms with van der Waals surface area (Å²) < 4.78 is 4.96. The van der Waals surface area contributed by atoms with E-state index in [-0.39, 0.29) is 0 Å². The Morgan fingerprint density at radius 1 is 1.61 bits per heavy atom. The van der Waals surface area contributed by atoms with Crippen molar-refractivity contribution in [2.24, 2.45) is 5.92 Å². The molecule has 1 atom stereocenters. The zero-order chi connectivity index (χ0) is 13.0. The number of rotatable bonds is 4. The Hall–Kier alpha value is -0.720. The van der Waals surface area contributed by atoms with Crippen LogP contribution < -0.4 is 10.6 Å². The average molecular weight is 285 g/mol. The number of thiocarbonyl (C=S) groups is 1. The van der Waals surface area contributed by atoms with E-state index in [0.717, 1.165) is 23.9 Å². The standard InChI is InChI=1S/C12H19N3OS2/c1-8-3-4-9-10(7-8)18-12(14-9)15-11(17)13-5-6-16-2/h8H,3-7H2,1-2H3,(H2,13,14,15,17). The second-order valence-corrected chi connectivity index (χ2v) is 6.10. The van der Waals surface area contributed by atoms with Crippen LogP contribution in [-0.2, 0) is 17.6 Å². The highest BCUT2D eigenvalue weighted by Crippen LogP contribution is 2.31. The molecule has 1 aliphatic rings. The van der Waals surface area contributed by atoms with Crippen molar-refractivity contribution in [2.45, 2.75) is 26.2 Å². The maximum Gasteiger partial charge on any atom is 0.189 e. The molecule has 1 aliphatic carbocycles. The number of methoxy groups -OCH3 is 1. The van der Waals surface area contributed by atoms with Crippen molar-refractivity contribution in [3.63, 3.8) is 0 Å². The number of fused-ring (bicyclic) bond motifs is 1. The molecule has 2 rings (SSSR count). The molecule has 0 fully saturated rings. The molecule has 1 heterocycles. The molecule has 0 saturated carbocycles. The second kappa shape index (κ2) is 6.45. The van der Waals surface area contributed by atoms with Crippen LogP contribution in [0.15, 0.2) is 0 Å². The number of hydrogen-bond donors (Lipinski definition) is 2. The minimum atomic E-state index is 0.617. The van der Waals surface area contributed by atoms with Crippen LogP contribution >= 0.6 is 23.6 Å². The molecule has 0 radical (unpaired) electrons. The van der Waals surface area contributed by atoms with Crippen molar-refractivity contribution in [1.29, 1.82) is 0 Å². The lowest BCUT2D eigenvalue weighted by Gasteiger charge is -2.15. The minimum Gasteiger partial charge on any atom is -0.383 e. The Labute approximate surface area is 117 Å². The fourth-order valence-corrected chi connectivity index (χ4v) is 3.44. The third-order valence-electron chi connectivity index (χ3n) is 3.00. The van der Waals surface area contributed by atoms with Crippen LogP contribution in [0.4, 0.5) is 5.13 Å². The van der Waals surface area contributed by atoms with Crippen molar-refractivity contribution in [3.05, 3.63) is 10.6 Å². The van der Waals surface area contributed by atoms with Gasteiger partial charge in [-0.05, 0) is 37.4 Å². The topological polar surface area (TPSA) is 46.2 Å². The van der Waals surface area contributed by atoms with Gasteiger partial charge in [0, 0.05) is 18.5 Å². The van der Waals surface area contributed by atoms with Gasteiger partial charge in [0.15, 0.2) is 10.2 Å². The van der Waals surface area contributed by atoms with Gasteiger partial charge in [-0.2, -0.15) is 0 Å². The summed E-state index contributed by atoms with van der Waals surface area (Å²) in [6.07, 6.45) is 3.49. The Morgan fingerprint density at radius 3 is 3.22 bits per heavy atom. The number of nitrogens with zero attached hydrogens (tertiary/aromatic N) is 1. The van der Waals surface area contributed by atoms with Gasteiger partial charge in [0.05, 0.1) is 12.3 Å². The number of hydrogen-bond acceptors (Lipinski definition) is 4. The second-order valence-electron chi connectivity index (χ2n) is 4.61. The van der Waals surface area contributed by atoms with Crippen LogP contribution in [-0.4, -0.2) is 30.4 Å². The molecule has 100 valence electrons. The molecule has 18 heavy (non-hydrogen) atoms. The first-order valence-electron chi connectivity index (χ1n) is 6.21. The minimum absolute atomic E-state index is 0.617. The van der Waals surface area contributed by atoms with Crippen LogP contribution in [0.3, 0.4) is 0 Å². The Kier molecular flexibility index (Phi) is 4.91. The van der Waals surface area contributed by atoms with Crippen LogP contribution in [0.25, 0.3) is 0 Å². The van der Waals surface area contributed by atoms with Crippen molar-refractivity contribution < 1.29 is 4.74 Å². The van der Waals surface area contributed by atoms with Gasteiger partial charge in [-0.15, -0.1) is 11.3 Å². The summed E-state index contributed by atoms with van der Waals surface area (Å²) in [4.78, 5) is 6.01. The quantitative estimate of drug-likeness (QED) is 0.656. The SMILES string of the molecule is COCCNC(=S)Nc1nc2c(s1)CC(C)CC2. The number of aryl methyl sites for hydroxylation is 1. The molecule has 1 unspecified atom stereocenters. The molecule has 6 heteroatoms. The Bertz CT molecular complexity index is 419. The first kappa shape index (κ1) is 13.7. The molecule has 0 aliphatic heterocycles. The lowest BCUT2D eigenvalue weighted by atomic mass is 9.93. The van der Waals surface area contributed by atoms with Gasteiger partial charge in [0.25, 0.3) is 0 Å². The van der Waals surface area contributed by atoms with E-state index in [1.54, 1.807) is 18.4 Å². The maximum atomic E-state index is 5.20. The summed E-state index contributed by atoms with van der Waals surface area (Å²) in [6.45, 7) is 3.66. The first-order chi connectivity index (χ1) is 8.69. The molecular formula is C12H19N3OS2. The molecule has 2 N–H and O–H groups in total. The molecular weight excluding hydrogens is 266 g/mol. The van der Waals surface area contributed by atoms with E-state index in [2.05, 4.69) is 22.5 Å². The summed E-state index contributed by atoms with van der Waals surface area (Å²) in [5.41, 5.74) is 1.25. The van der Waals surface area contributed by atoms with Crippen LogP contribution in [0.2, 0.25) is 0 Å². The molecule has 1 aromatic heterocycles. The van der Waals surface area contributed by atoms with E-state index in [1.165, 1.54) is 17.0 Å². The largest absolute Gasteiger partial charge is 0.383 e. The van der Waals surface area contributed by atoms with Crippen molar-refractivity contribution in [2.75, 3.05) is 25.6 Å². The van der Waals surface area contributed by atoms with Gasteiger partial charge in [0.1, 0.15) is 0 Å². The third-order valence-corrected chi connectivity index (χ3v) is 4.28. The predicted octanol–water partition coefficient (Wildman–Crippen LogP) is 2.20. The van der Waals surface area contributed by atoms with Crippen LogP contribution in [0.1, 0.15) is 23.9 Å². The lowest BCUT2D eigenvalue weighted by Crippen LogP contribution is -2.31. The van der Waals surface area contributed by atoms with Gasteiger partial charge >= 0.3 is 0 Å². The van der Waals surface area contributed by atoms with E-state index in [9.17, 15) is 0 Å². The van der Waals surface area contributed by atoms with Crippen LogP contribution in [0.5, 0.6) is 0 Å². The summed E-state index contributed by atoms with van der Waals surface area (Å²) in [7, 11) is 1.67. The summed E-state index contributed by atoms with van der Waals surface area (Å²) in [5.74, 6) is 0.776. The van der Waals surface area contributed by atoms with Crippen molar-refractivity contribution in [1.82, 2.24) is 10.3 Å². The highest BCUT2D eigenvalue weighted by Gasteiger charge is 2.19. The number of ether oxygens (including phenoxy) is 1. The number of thiazole rings is 1. The predicted molar refractivity (Wildman–Crippen MR) is 79.4 cm³/mol. The molecule has 1 aromatic rings.